The summed E-state index contributed by atoms with van der Waals surface area (Å²) in [6.07, 6.45) is 5.46. The molecule has 10 rings (SSSR count). The fourth-order valence-electron chi connectivity index (χ4n) is 8.87. The van der Waals surface area contributed by atoms with E-state index in [4.69, 9.17) is 25.2 Å². The number of aromatic nitrogens is 6. The second kappa shape index (κ2) is 26.9. The highest BCUT2D eigenvalue weighted by Gasteiger charge is 2.25. The molecule has 4 aromatic carbocycles. The van der Waals surface area contributed by atoms with E-state index in [1.807, 2.05) is 120 Å². The minimum atomic E-state index is -0.697. The molecule has 10 aromatic rings. The van der Waals surface area contributed by atoms with Crippen molar-refractivity contribution in [2.75, 3.05) is 34.8 Å². The molecule has 0 spiro atoms. The SMILES string of the molecule is Cn1c(-c2ccc(F)cc2)c(-c2ccncc2)c2cc(Br)c(NC(=O)CNC(=O)OC(C)(C)C)nc21.Cn1c(-c2ccc(F)cc2)c(-c2ccncc2)c2cc(Nc3ccccc3)c(NC(=O)CNC(=O)OC(C)(C)C)nc21.Nc1ccccc1. The van der Waals surface area contributed by atoms with Crippen LogP contribution in [0.5, 0.6) is 0 Å². The lowest BCUT2D eigenvalue weighted by Crippen LogP contribution is -2.37. The zero-order chi connectivity index (χ0) is 61.0. The number of pyridine rings is 4. The highest BCUT2D eigenvalue weighted by molar-refractivity contribution is 9.10. The van der Waals surface area contributed by atoms with E-state index in [0.29, 0.717) is 27.3 Å². The van der Waals surface area contributed by atoms with Crippen LogP contribution in [0.4, 0.5) is 47.1 Å². The second-order valence-corrected chi connectivity index (χ2v) is 22.1. The lowest BCUT2D eigenvalue weighted by Gasteiger charge is -2.19. The molecule has 0 saturated carbocycles. The molecule has 0 aliphatic carbocycles. The van der Waals surface area contributed by atoms with Crippen LogP contribution >= 0.6 is 15.9 Å². The first-order chi connectivity index (χ1) is 40.5. The van der Waals surface area contributed by atoms with Gasteiger partial charge in [0.15, 0.2) is 5.82 Å². The van der Waals surface area contributed by atoms with E-state index in [9.17, 15) is 28.0 Å². The van der Waals surface area contributed by atoms with Gasteiger partial charge in [-0.1, -0.05) is 36.4 Å². The number of rotatable bonds is 12. The van der Waals surface area contributed by atoms with Crippen LogP contribution in [0.15, 0.2) is 175 Å². The van der Waals surface area contributed by atoms with Gasteiger partial charge in [-0.2, -0.15) is 0 Å². The number of nitrogens with one attached hydrogen (secondary N) is 5. The topological polar surface area (TPSA) is 234 Å². The molecule has 7 N–H and O–H groups in total. The number of carbonyl (C=O) groups excluding carboxylic acids is 4. The van der Waals surface area contributed by atoms with Crippen molar-refractivity contribution in [3.8, 4) is 44.8 Å². The van der Waals surface area contributed by atoms with Gasteiger partial charge < -0.3 is 50.9 Å². The van der Waals surface area contributed by atoms with Crippen LogP contribution in [0, 0.1) is 11.6 Å². The second-order valence-electron chi connectivity index (χ2n) is 21.2. The maximum atomic E-state index is 13.8. The summed E-state index contributed by atoms with van der Waals surface area (Å²) in [7, 11) is 3.74. The van der Waals surface area contributed by atoms with Crippen molar-refractivity contribution < 1.29 is 37.4 Å². The quantitative estimate of drug-likeness (QED) is 0.0627. The zero-order valence-electron chi connectivity index (χ0n) is 47.9. The Morgan fingerprint density at radius 1 is 0.541 bits per heavy atom. The van der Waals surface area contributed by atoms with Crippen molar-refractivity contribution in [1.82, 2.24) is 39.7 Å². The fraction of sp³-hybridized carbons (Fsp3) is 0.188. The van der Waals surface area contributed by atoms with Crippen molar-refractivity contribution in [2.45, 2.75) is 52.7 Å². The molecule has 18 nitrogen and oxygen atoms in total. The molecular formula is C64H63BrF2N12O6. The van der Waals surface area contributed by atoms with Gasteiger partial charge in [-0.3, -0.25) is 19.6 Å². The van der Waals surface area contributed by atoms with Gasteiger partial charge in [-0.25, -0.2) is 28.3 Å². The van der Waals surface area contributed by atoms with Crippen LogP contribution in [0.3, 0.4) is 0 Å². The molecule has 0 bridgehead atoms. The molecule has 0 saturated heterocycles. The summed E-state index contributed by atoms with van der Waals surface area (Å²) in [5, 5.41) is 15.5. The lowest BCUT2D eigenvalue weighted by atomic mass is 9.99. The third-order valence-corrected chi connectivity index (χ3v) is 13.0. The normalized spacial score (nSPS) is 11.1. The predicted octanol–water partition coefficient (Wildman–Crippen LogP) is 13.6. The highest BCUT2D eigenvalue weighted by atomic mass is 79.9. The molecule has 4 amide bonds. The molecule has 0 unspecified atom stereocenters. The summed E-state index contributed by atoms with van der Waals surface area (Å²) in [5.41, 5.74) is 14.2. The van der Waals surface area contributed by atoms with Gasteiger partial charge in [0.05, 0.1) is 21.5 Å². The first-order valence-electron chi connectivity index (χ1n) is 26.7. The number of benzene rings is 4. The number of para-hydroxylation sites is 2. The van der Waals surface area contributed by atoms with Gasteiger partial charge in [0, 0.05) is 72.2 Å². The average Bonchev–Trinajstić information content (AvgIpc) is 1.76. The van der Waals surface area contributed by atoms with Gasteiger partial charge in [-0.15, -0.1) is 0 Å². The molecular weight excluding hydrogens is 1150 g/mol. The van der Waals surface area contributed by atoms with Gasteiger partial charge in [0.2, 0.25) is 11.8 Å². The Morgan fingerprint density at radius 2 is 0.941 bits per heavy atom. The van der Waals surface area contributed by atoms with E-state index in [1.165, 1.54) is 24.3 Å². The predicted molar refractivity (Wildman–Crippen MR) is 333 cm³/mol. The molecule has 0 fully saturated rings. The molecule has 0 radical (unpaired) electrons. The van der Waals surface area contributed by atoms with Crippen molar-refractivity contribution in [3.05, 3.63) is 186 Å². The van der Waals surface area contributed by atoms with Gasteiger partial charge in [0.25, 0.3) is 0 Å². The minimum Gasteiger partial charge on any atom is -0.444 e. The van der Waals surface area contributed by atoms with Gasteiger partial charge in [-0.05, 0) is 189 Å². The molecule has 436 valence electrons. The number of anilines is 5. The van der Waals surface area contributed by atoms with Crippen molar-refractivity contribution in [1.29, 1.82) is 0 Å². The van der Waals surface area contributed by atoms with Crippen LogP contribution < -0.4 is 32.3 Å². The highest BCUT2D eigenvalue weighted by Crippen LogP contribution is 2.44. The Labute approximate surface area is 498 Å². The molecule has 85 heavy (non-hydrogen) atoms. The van der Waals surface area contributed by atoms with E-state index >= 15 is 0 Å². The number of fused-ring (bicyclic) bond motifs is 2. The van der Waals surface area contributed by atoms with Crippen molar-refractivity contribution in [2.24, 2.45) is 14.1 Å². The lowest BCUT2D eigenvalue weighted by molar-refractivity contribution is -0.116. The number of alkyl carbamates (subject to hydrolysis) is 2. The standard InChI is InChI=1S/C32H31FN6O3.C26H25BrFN5O3.C6H7N/c1-32(2,3)42-31(41)35-19-26(40)37-29-25(36-23-8-6-5-7-9-23)18-24-27(20-14-16-34-17-15-20)28(39(4)30(24)38-29)21-10-12-22(33)13-11-21;1-26(2,3)36-25(35)30-14-20(34)31-23-19(27)13-18-21(15-9-11-29-12-10-15)22(33(4)24(18)32-23)16-5-7-17(28)8-6-16;7-6-4-2-1-3-5-6/h5-18,36H,19H2,1-4H3,(H,35,41)(H,37,38,40);5-13H,14H2,1-4H3,(H,30,35)(H,31,32,34);1-5H,7H2. The largest absolute Gasteiger partial charge is 0.444 e. The number of aryl methyl sites for hydroxylation is 2. The van der Waals surface area contributed by atoms with E-state index in [2.05, 4.69) is 52.5 Å². The maximum absolute atomic E-state index is 13.8. The number of amides is 4. The van der Waals surface area contributed by atoms with Gasteiger partial charge in [0.1, 0.15) is 53.0 Å². The number of ether oxygens (including phenoxy) is 2. The van der Waals surface area contributed by atoms with Crippen LogP contribution in [0.1, 0.15) is 41.5 Å². The first-order valence-corrected chi connectivity index (χ1v) is 27.5. The summed E-state index contributed by atoms with van der Waals surface area (Å²) in [6.45, 7) is 9.86. The first kappa shape index (κ1) is 61.1. The minimum absolute atomic E-state index is 0.273. The summed E-state index contributed by atoms with van der Waals surface area (Å²) in [5.74, 6) is -1.03. The molecule has 0 aliphatic heterocycles. The third-order valence-electron chi connectivity index (χ3n) is 12.4. The molecule has 21 heteroatoms. The van der Waals surface area contributed by atoms with E-state index in [-0.39, 0.29) is 30.5 Å². The Kier molecular flexibility index (Phi) is 19.3. The van der Waals surface area contributed by atoms with Crippen LogP contribution in [-0.4, -0.2) is 77.4 Å². The zero-order valence-corrected chi connectivity index (χ0v) is 49.5. The monoisotopic (exact) mass is 1210 g/mol. The number of nitrogen functional groups attached to an aromatic ring is 1. The number of hydrogen-bond donors (Lipinski definition) is 6. The third kappa shape index (κ3) is 16.2. The number of carbonyl (C=O) groups is 4. The maximum Gasteiger partial charge on any atom is 0.408 e. The Morgan fingerprint density at radius 3 is 1.35 bits per heavy atom. The average molecular weight is 1210 g/mol. The molecule has 0 aliphatic rings. The summed E-state index contributed by atoms with van der Waals surface area (Å²) < 4.78 is 42.3. The van der Waals surface area contributed by atoms with Crippen molar-refractivity contribution in [3.63, 3.8) is 0 Å². The molecule has 0 atom stereocenters. The summed E-state index contributed by atoms with van der Waals surface area (Å²) in [4.78, 5) is 67.3. The number of nitrogens with two attached hydrogens (primary N) is 1. The Hall–Kier alpha value is -10.0. The van der Waals surface area contributed by atoms with Crippen LogP contribution in [0.2, 0.25) is 0 Å². The Balaban J connectivity index is 0.000000200. The molecule has 6 heterocycles. The van der Waals surface area contributed by atoms with Crippen molar-refractivity contribution >= 4 is 90.7 Å². The fourth-order valence-corrected chi connectivity index (χ4v) is 9.29. The van der Waals surface area contributed by atoms with E-state index in [0.717, 1.165) is 66.9 Å². The summed E-state index contributed by atoms with van der Waals surface area (Å²) in [6, 6.07) is 42.9. The smallest absolute Gasteiger partial charge is 0.408 e. The summed E-state index contributed by atoms with van der Waals surface area (Å²) >= 11 is 3.51. The number of hydrogen-bond acceptors (Lipinski definition) is 12. The number of nitrogens with zero attached hydrogens (tertiary/aromatic N) is 6. The van der Waals surface area contributed by atoms with Gasteiger partial charge >= 0.3 is 12.2 Å². The number of halogens is 3. The Bertz CT molecular complexity index is 3970. The van der Waals surface area contributed by atoms with E-state index in [1.54, 1.807) is 90.6 Å². The van der Waals surface area contributed by atoms with Crippen LogP contribution in [0.25, 0.3) is 66.8 Å². The van der Waals surface area contributed by atoms with Crippen LogP contribution in [-0.2, 0) is 33.2 Å². The van der Waals surface area contributed by atoms with E-state index < -0.39 is 35.2 Å². The molecule has 6 aromatic heterocycles.